The molecule has 1 rings (SSSR count). The highest BCUT2D eigenvalue weighted by molar-refractivity contribution is 5.50. The average Bonchev–Trinajstić information content (AvgIpc) is 2.15. The SMILES string of the molecule is Cc1ccc(C(C)CCN)c(O)c1O. The second kappa shape index (κ2) is 4.33. The van der Waals surface area contributed by atoms with Crippen molar-refractivity contribution in [2.45, 2.75) is 26.2 Å². The predicted molar refractivity (Wildman–Crippen MR) is 56.6 cm³/mol. The quantitative estimate of drug-likeness (QED) is 0.645. The van der Waals surface area contributed by atoms with Gasteiger partial charge in [0.05, 0.1) is 0 Å². The molecule has 1 atom stereocenters. The number of hydrogen-bond donors (Lipinski definition) is 3. The molecular formula is C11H17NO2. The fraction of sp³-hybridized carbons (Fsp3) is 0.455. The molecule has 0 heterocycles. The van der Waals surface area contributed by atoms with Gasteiger partial charge >= 0.3 is 0 Å². The van der Waals surface area contributed by atoms with Gasteiger partial charge < -0.3 is 15.9 Å². The molecule has 78 valence electrons. The molecule has 0 saturated carbocycles. The van der Waals surface area contributed by atoms with Crippen LogP contribution in [-0.4, -0.2) is 16.8 Å². The van der Waals surface area contributed by atoms with Crippen molar-refractivity contribution in [1.29, 1.82) is 0 Å². The van der Waals surface area contributed by atoms with E-state index in [1.807, 2.05) is 13.0 Å². The van der Waals surface area contributed by atoms with Crippen molar-refractivity contribution < 1.29 is 10.2 Å². The summed E-state index contributed by atoms with van der Waals surface area (Å²) in [6.45, 7) is 4.32. The van der Waals surface area contributed by atoms with Crippen LogP contribution in [0, 0.1) is 6.92 Å². The van der Waals surface area contributed by atoms with Gasteiger partial charge in [-0.2, -0.15) is 0 Å². The lowest BCUT2D eigenvalue weighted by molar-refractivity contribution is 0.393. The molecule has 0 aromatic heterocycles. The van der Waals surface area contributed by atoms with E-state index in [9.17, 15) is 10.2 Å². The lowest BCUT2D eigenvalue weighted by atomic mass is 9.95. The molecule has 0 aliphatic carbocycles. The first-order chi connectivity index (χ1) is 6.57. The van der Waals surface area contributed by atoms with Gasteiger partial charge in [0.25, 0.3) is 0 Å². The molecule has 0 aliphatic rings. The van der Waals surface area contributed by atoms with Crippen molar-refractivity contribution in [3.8, 4) is 11.5 Å². The summed E-state index contributed by atoms with van der Waals surface area (Å²) >= 11 is 0. The summed E-state index contributed by atoms with van der Waals surface area (Å²) in [5.74, 6) is 0.142. The highest BCUT2D eigenvalue weighted by Gasteiger charge is 2.13. The molecule has 14 heavy (non-hydrogen) atoms. The molecule has 1 aromatic carbocycles. The molecule has 0 bridgehead atoms. The van der Waals surface area contributed by atoms with Crippen LogP contribution >= 0.6 is 0 Å². The third-order valence-electron chi connectivity index (χ3n) is 2.51. The van der Waals surface area contributed by atoms with Crippen molar-refractivity contribution in [1.82, 2.24) is 0 Å². The first kappa shape index (κ1) is 10.9. The molecule has 0 saturated heterocycles. The number of nitrogens with two attached hydrogens (primary N) is 1. The Morgan fingerprint density at radius 1 is 1.29 bits per heavy atom. The van der Waals surface area contributed by atoms with Crippen LogP contribution in [0.4, 0.5) is 0 Å². The molecule has 0 radical (unpaired) electrons. The van der Waals surface area contributed by atoms with E-state index >= 15 is 0 Å². The minimum absolute atomic E-state index is 0.00838. The van der Waals surface area contributed by atoms with Gasteiger partial charge in [-0.3, -0.25) is 0 Å². The normalized spacial score (nSPS) is 12.8. The molecule has 3 heteroatoms. The highest BCUT2D eigenvalue weighted by Crippen LogP contribution is 2.36. The summed E-state index contributed by atoms with van der Waals surface area (Å²) < 4.78 is 0. The second-order valence-corrected chi connectivity index (χ2v) is 3.65. The Morgan fingerprint density at radius 2 is 1.93 bits per heavy atom. The van der Waals surface area contributed by atoms with E-state index in [1.165, 1.54) is 0 Å². The van der Waals surface area contributed by atoms with E-state index in [0.717, 1.165) is 12.0 Å². The Bertz CT molecular complexity index is 323. The fourth-order valence-electron chi connectivity index (χ4n) is 1.50. The summed E-state index contributed by atoms with van der Waals surface area (Å²) in [6.07, 6.45) is 0.802. The van der Waals surface area contributed by atoms with Gasteiger partial charge in [0.15, 0.2) is 11.5 Å². The Labute approximate surface area is 84.2 Å². The van der Waals surface area contributed by atoms with Crippen LogP contribution in [0.25, 0.3) is 0 Å². The predicted octanol–water partition coefficient (Wildman–Crippen LogP) is 1.86. The Hall–Kier alpha value is -1.22. The third-order valence-corrected chi connectivity index (χ3v) is 2.51. The fourth-order valence-corrected chi connectivity index (χ4v) is 1.50. The number of aromatic hydroxyl groups is 2. The van der Waals surface area contributed by atoms with Gasteiger partial charge in [0, 0.05) is 5.56 Å². The van der Waals surface area contributed by atoms with Crippen molar-refractivity contribution in [2.75, 3.05) is 6.54 Å². The number of rotatable bonds is 3. The van der Waals surface area contributed by atoms with Crippen LogP contribution in [0.5, 0.6) is 11.5 Å². The molecule has 3 nitrogen and oxygen atoms in total. The minimum atomic E-state index is -0.0219. The number of benzene rings is 1. The zero-order valence-electron chi connectivity index (χ0n) is 8.62. The summed E-state index contributed by atoms with van der Waals surface area (Å²) in [4.78, 5) is 0. The molecule has 0 aliphatic heterocycles. The lowest BCUT2D eigenvalue weighted by Crippen LogP contribution is -2.04. The second-order valence-electron chi connectivity index (χ2n) is 3.65. The van der Waals surface area contributed by atoms with E-state index in [2.05, 4.69) is 0 Å². The zero-order chi connectivity index (χ0) is 10.7. The van der Waals surface area contributed by atoms with Gasteiger partial charge in [-0.1, -0.05) is 19.1 Å². The summed E-state index contributed by atoms with van der Waals surface area (Å²) in [5.41, 5.74) is 6.89. The zero-order valence-corrected chi connectivity index (χ0v) is 8.62. The average molecular weight is 195 g/mol. The number of phenolic OH excluding ortho intramolecular Hbond substituents is 2. The Balaban J connectivity index is 3.04. The van der Waals surface area contributed by atoms with Gasteiger partial charge in [-0.05, 0) is 31.4 Å². The summed E-state index contributed by atoms with van der Waals surface area (Å²) in [7, 11) is 0. The maximum atomic E-state index is 9.68. The summed E-state index contributed by atoms with van der Waals surface area (Å²) in [5, 5.41) is 19.2. The number of phenols is 2. The summed E-state index contributed by atoms with van der Waals surface area (Å²) in [6, 6.07) is 3.64. The van der Waals surface area contributed by atoms with Crippen LogP contribution < -0.4 is 5.73 Å². The van der Waals surface area contributed by atoms with E-state index in [4.69, 9.17) is 5.73 Å². The van der Waals surface area contributed by atoms with Gasteiger partial charge in [0.1, 0.15) is 0 Å². The van der Waals surface area contributed by atoms with Crippen LogP contribution in [0.2, 0.25) is 0 Å². The molecule has 0 fully saturated rings. The smallest absolute Gasteiger partial charge is 0.161 e. The molecular weight excluding hydrogens is 178 g/mol. The number of aryl methyl sites for hydroxylation is 1. The van der Waals surface area contributed by atoms with Gasteiger partial charge in [-0.25, -0.2) is 0 Å². The Kier molecular flexibility index (Phi) is 3.36. The van der Waals surface area contributed by atoms with Gasteiger partial charge in [0.2, 0.25) is 0 Å². The highest BCUT2D eigenvalue weighted by atomic mass is 16.3. The Morgan fingerprint density at radius 3 is 2.50 bits per heavy atom. The number of hydrogen-bond acceptors (Lipinski definition) is 3. The van der Waals surface area contributed by atoms with Gasteiger partial charge in [-0.15, -0.1) is 0 Å². The van der Waals surface area contributed by atoms with Crippen LogP contribution in [0.3, 0.4) is 0 Å². The molecule has 1 aromatic rings. The van der Waals surface area contributed by atoms with E-state index in [-0.39, 0.29) is 17.4 Å². The topological polar surface area (TPSA) is 66.5 Å². The largest absolute Gasteiger partial charge is 0.504 e. The van der Waals surface area contributed by atoms with Crippen LogP contribution in [0.15, 0.2) is 12.1 Å². The van der Waals surface area contributed by atoms with Crippen molar-refractivity contribution in [3.05, 3.63) is 23.3 Å². The van der Waals surface area contributed by atoms with Crippen molar-refractivity contribution in [3.63, 3.8) is 0 Å². The van der Waals surface area contributed by atoms with E-state index in [0.29, 0.717) is 12.1 Å². The molecule has 4 N–H and O–H groups in total. The van der Waals surface area contributed by atoms with Crippen LogP contribution in [-0.2, 0) is 0 Å². The molecule has 1 unspecified atom stereocenters. The van der Waals surface area contributed by atoms with Crippen LogP contribution in [0.1, 0.15) is 30.4 Å². The lowest BCUT2D eigenvalue weighted by Gasteiger charge is -2.14. The van der Waals surface area contributed by atoms with E-state index in [1.54, 1.807) is 13.0 Å². The third kappa shape index (κ3) is 1.99. The first-order valence-corrected chi connectivity index (χ1v) is 4.79. The monoisotopic (exact) mass is 195 g/mol. The standard InChI is InChI=1S/C11H17NO2/c1-7(5-6-12)9-4-3-8(2)10(13)11(9)14/h3-4,7,13-14H,5-6,12H2,1-2H3. The minimum Gasteiger partial charge on any atom is -0.504 e. The van der Waals surface area contributed by atoms with Crippen molar-refractivity contribution in [2.24, 2.45) is 5.73 Å². The molecule has 0 spiro atoms. The van der Waals surface area contributed by atoms with E-state index < -0.39 is 0 Å². The maximum Gasteiger partial charge on any atom is 0.161 e. The maximum absolute atomic E-state index is 9.68. The van der Waals surface area contributed by atoms with Crippen molar-refractivity contribution >= 4 is 0 Å². The first-order valence-electron chi connectivity index (χ1n) is 4.79. The molecule has 0 amide bonds.